The molecule has 2 atom stereocenters. The first-order valence-corrected chi connectivity index (χ1v) is 5.48. The van der Waals surface area contributed by atoms with Gasteiger partial charge >= 0.3 is 0 Å². The summed E-state index contributed by atoms with van der Waals surface area (Å²) < 4.78 is 6.22. The molecule has 68 valence electrons. The number of hydrogen-bond donors (Lipinski definition) is 0. The lowest BCUT2D eigenvalue weighted by Crippen LogP contribution is -2.06. The number of hydrogen-bond acceptors (Lipinski definition) is 3. The molecule has 2 rings (SSSR count). The van der Waals surface area contributed by atoms with Crippen LogP contribution in [0.5, 0.6) is 0 Å². The Balaban J connectivity index is 2.23. The highest BCUT2D eigenvalue weighted by Gasteiger charge is 2.30. The summed E-state index contributed by atoms with van der Waals surface area (Å²) in [5.74, 6) is 0. The molecule has 0 aliphatic carbocycles. The fourth-order valence-corrected chi connectivity index (χ4v) is 2.78. The SMILES string of the molecule is CC1SC(=S)OC1c1ccccc1. The van der Waals surface area contributed by atoms with Crippen LogP contribution in [-0.2, 0) is 4.74 Å². The molecule has 0 amide bonds. The summed E-state index contributed by atoms with van der Waals surface area (Å²) >= 11 is 6.65. The van der Waals surface area contributed by atoms with Crippen molar-refractivity contribution in [3.05, 3.63) is 35.9 Å². The van der Waals surface area contributed by atoms with Crippen LogP contribution in [0.15, 0.2) is 30.3 Å². The van der Waals surface area contributed by atoms with Crippen LogP contribution in [0, 0.1) is 0 Å². The second-order valence-corrected chi connectivity index (χ2v) is 5.00. The van der Waals surface area contributed by atoms with Gasteiger partial charge in [-0.1, -0.05) is 42.1 Å². The zero-order valence-electron chi connectivity index (χ0n) is 7.27. The summed E-state index contributed by atoms with van der Waals surface area (Å²) in [6.45, 7) is 2.14. The van der Waals surface area contributed by atoms with E-state index in [9.17, 15) is 0 Å². The van der Waals surface area contributed by atoms with E-state index in [-0.39, 0.29) is 6.10 Å². The first-order chi connectivity index (χ1) is 6.27. The Morgan fingerprint density at radius 2 is 2.00 bits per heavy atom. The number of thioether (sulfide) groups is 1. The summed E-state index contributed by atoms with van der Waals surface area (Å²) in [7, 11) is 0. The summed E-state index contributed by atoms with van der Waals surface area (Å²) in [6.07, 6.45) is 0.138. The Hall–Kier alpha value is -0.540. The van der Waals surface area contributed by atoms with Crippen molar-refractivity contribution in [1.29, 1.82) is 0 Å². The van der Waals surface area contributed by atoms with Crippen LogP contribution in [0.25, 0.3) is 0 Å². The molecule has 0 bridgehead atoms. The Kier molecular flexibility index (Phi) is 2.56. The predicted octanol–water partition coefficient (Wildman–Crippen LogP) is 3.16. The molecule has 0 aromatic heterocycles. The highest BCUT2D eigenvalue weighted by molar-refractivity contribution is 8.23. The van der Waals surface area contributed by atoms with Gasteiger partial charge in [0.1, 0.15) is 6.10 Å². The molecule has 1 heterocycles. The molecule has 13 heavy (non-hydrogen) atoms. The van der Waals surface area contributed by atoms with Crippen molar-refractivity contribution in [2.45, 2.75) is 18.3 Å². The lowest BCUT2D eigenvalue weighted by atomic mass is 10.1. The van der Waals surface area contributed by atoms with Gasteiger partial charge in [-0.2, -0.15) is 0 Å². The van der Waals surface area contributed by atoms with Gasteiger partial charge in [0, 0.05) is 0 Å². The topological polar surface area (TPSA) is 9.23 Å². The van der Waals surface area contributed by atoms with Crippen LogP contribution in [0.4, 0.5) is 0 Å². The van der Waals surface area contributed by atoms with E-state index in [1.165, 1.54) is 5.56 Å². The van der Waals surface area contributed by atoms with Gasteiger partial charge < -0.3 is 4.74 Å². The summed E-state index contributed by atoms with van der Waals surface area (Å²) in [4.78, 5) is 0. The van der Waals surface area contributed by atoms with Gasteiger partial charge in [0.05, 0.1) is 5.25 Å². The molecule has 0 radical (unpaired) electrons. The van der Waals surface area contributed by atoms with Crippen molar-refractivity contribution in [3.8, 4) is 0 Å². The Labute approximate surface area is 87.5 Å². The van der Waals surface area contributed by atoms with Crippen molar-refractivity contribution in [1.82, 2.24) is 0 Å². The molecule has 1 aromatic carbocycles. The molecular weight excluding hydrogens is 200 g/mol. The van der Waals surface area contributed by atoms with Crippen LogP contribution in [0.3, 0.4) is 0 Å². The number of ether oxygens (including phenoxy) is 1. The molecule has 1 aliphatic heterocycles. The Morgan fingerprint density at radius 1 is 1.31 bits per heavy atom. The van der Waals surface area contributed by atoms with Crippen molar-refractivity contribution < 1.29 is 4.74 Å². The average molecular weight is 210 g/mol. The first kappa shape index (κ1) is 9.03. The van der Waals surface area contributed by atoms with Gasteiger partial charge in [-0.3, -0.25) is 0 Å². The van der Waals surface area contributed by atoms with Gasteiger partial charge in [0.25, 0.3) is 0 Å². The minimum Gasteiger partial charge on any atom is -0.469 e. The third kappa shape index (κ3) is 1.86. The standard InChI is InChI=1S/C10H10OS2/c1-7-9(11-10(12)13-7)8-5-3-2-4-6-8/h2-7,9H,1H3. The highest BCUT2D eigenvalue weighted by atomic mass is 32.2. The van der Waals surface area contributed by atoms with Crippen LogP contribution in [0.1, 0.15) is 18.6 Å². The van der Waals surface area contributed by atoms with Crippen molar-refractivity contribution >= 4 is 28.4 Å². The maximum Gasteiger partial charge on any atom is 0.221 e. The second-order valence-electron chi connectivity index (χ2n) is 3.02. The van der Waals surface area contributed by atoms with E-state index in [1.807, 2.05) is 18.2 Å². The predicted molar refractivity (Wildman–Crippen MR) is 59.9 cm³/mol. The van der Waals surface area contributed by atoms with Gasteiger partial charge in [-0.25, -0.2) is 0 Å². The minimum absolute atomic E-state index is 0.138. The molecule has 3 heteroatoms. The summed E-state index contributed by atoms with van der Waals surface area (Å²) in [6, 6.07) is 10.2. The molecule has 1 fully saturated rings. The second kappa shape index (κ2) is 3.68. The van der Waals surface area contributed by atoms with E-state index in [4.69, 9.17) is 17.0 Å². The van der Waals surface area contributed by atoms with Gasteiger partial charge in [-0.05, 0) is 24.7 Å². The monoisotopic (exact) mass is 210 g/mol. The Morgan fingerprint density at radius 3 is 2.54 bits per heavy atom. The molecule has 2 unspecified atom stereocenters. The van der Waals surface area contributed by atoms with Crippen LogP contribution in [0.2, 0.25) is 0 Å². The average Bonchev–Trinajstić information content (AvgIpc) is 2.47. The molecule has 1 aromatic rings. The van der Waals surface area contributed by atoms with Gasteiger partial charge in [0.15, 0.2) is 0 Å². The normalized spacial score (nSPS) is 27.3. The maximum absolute atomic E-state index is 5.55. The smallest absolute Gasteiger partial charge is 0.221 e. The van der Waals surface area contributed by atoms with Crippen molar-refractivity contribution in [3.63, 3.8) is 0 Å². The van der Waals surface area contributed by atoms with E-state index in [0.29, 0.717) is 9.63 Å². The zero-order chi connectivity index (χ0) is 9.26. The molecule has 1 aliphatic rings. The van der Waals surface area contributed by atoms with Gasteiger partial charge in [-0.15, -0.1) is 0 Å². The molecule has 0 saturated carbocycles. The third-order valence-electron chi connectivity index (χ3n) is 2.06. The summed E-state index contributed by atoms with van der Waals surface area (Å²) in [5, 5.41) is 0.426. The largest absolute Gasteiger partial charge is 0.469 e. The lowest BCUT2D eigenvalue weighted by Gasteiger charge is -2.12. The molecule has 0 spiro atoms. The number of rotatable bonds is 1. The van der Waals surface area contributed by atoms with E-state index in [0.717, 1.165) is 0 Å². The minimum atomic E-state index is 0.138. The maximum atomic E-state index is 5.55. The fraction of sp³-hybridized carbons (Fsp3) is 0.300. The zero-order valence-corrected chi connectivity index (χ0v) is 8.90. The van der Waals surface area contributed by atoms with Crippen LogP contribution >= 0.6 is 24.0 Å². The number of benzene rings is 1. The van der Waals surface area contributed by atoms with Gasteiger partial charge in [0.2, 0.25) is 4.38 Å². The number of thiocarbonyl (C=S) groups is 1. The van der Waals surface area contributed by atoms with E-state index < -0.39 is 0 Å². The molecule has 1 nitrogen and oxygen atoms in total. The third-order valence-corrected chi connectivity index (χ3v) is 3.35. The molecule has 1 saturated heterocycles. The fourth-order valence-electron chi connectivity index (χ4n) is 1.42. The highest BCUT2D eigenvalue weighted by Crippen LogP contribution is 2.38. The molecule has 0 N–H and O–H groups in total. The molecular formula is C10H10OS2. The van der Waals surface area contributed by atoms with Crippen molar-refractivity contribution in [2.24, 2.45) is 0 Å². The summed E-state index contributed by atoms with van der Waals surface area (Å²) in [5.41, 5.74) is 1.21. The first-order valence-electron chi connectivity index (χ1n) is 4.19. The van der Waals surface area contributed by atoms with Crippen molar-refractivity contribution in [2.75, 3.05) is 0 Å². The lowest BCUT2D eigenvalue weighted by molar-refractivity contribution is 0.218. The Bertz CT molecular complexity index is 310. The van der Waals surface area contributed by atoms with Crippen LogP contribution in [-0.4, -0.2) is 9.63 Å². The van der Waals surface area contributed by atoms with Crippen LogP contribution < -0.4 is 0 Å². The van der Waals surface area contributed by atoms with E-state index in [1.54, 1.807) is 11.8 Å². The van der Waals surface area contributed by atoms with E-state index in [2.05, 4.69) is 19.1 Å². The quantitative estimate of drug-likeness (QED) is 0.659. The van der Waals surface area contributed by atoms with E-state index >= 15 is 0 Å².